The standard InChI is InChI=1S/C18H17N3O7S2.2Na/c1-19-14-7-4-12-8-16(30(26,27)28)17(18(22)15(12)9-14)21-20-13-5-2-11(3-6-13)10-29(23,24)25;;/h2-9,19,22H,10H2,1H3,(H,23,24,25)(H,26,27,28);;/q;2*+1. The van der Waals surface area contributed by atoms with E-state index in [2.05, 4.69) is 15.5 Å². The zero-order chi connectivity index (χ0) is 22.1. The summed E-state index contributed by atoms with van der Waals surface area (Å²) in [5, 5.41) is 21.8. The van der Waals surface area contributed by atoms with Crippen molar-refractivity contribution in [3.63, 3.8) is 0 Å². The Bertz CT molecular complexity index is 1360. The maximum Gasteiger partial charge on any atom is 1.00 e. The minimum Gasteiger partial charge on any atom is -0.505 e. The van der Waals surface area contributed by atoms with Crippen LogP contribution in [0.3, 0.4) is 0 Å². The minimum atomic E-state index is -4.72. The molecule has 32 heavy (non-hydrogen) atoms. The number of benzene rings is 3. The molecule has 0 saturated heterocycles. The van der Waals surface area contributed by atoms with E-state index in [1.807, 2.05) is 0 Å². The van der Waals surface area contributed by atoms with Crippen molar-refractivity contribution < 1.29 is 90.2 Å². The molecule has 0 aliphatic carbocycles. The summed E-state index contributed by atoms with van der Waals surface area (Å²) in [6, 6.07) is 11.6. The summed E-state index contributed by atoms with van der Waals surface area (Å²) in [4.78, 5) is -0.614. The zero-order valence-corrected chi connectivity index (χ0v) is 23.1. The predicted octanol–water partition coefficient (Wildman–Crippen LogP) is -2.35. The summed E-state index contributed by atoms with van der Waals surface area (Å²) in [6.45, 7) is 0. The maximum atomic E-state index is 11.8. The molecule has 14 heteroatoms. The van der Waals surface area contributed by atoms with Gasteiger partial charge in [0.25, 0.3) is 20.2 Å². The van der Waals surface area contributed by atoms with Gasteiger partial charge in [-0.15, -0.1) is 5.11 Å². The van der Waals surface area contributed by atoms with Gasteiger partial charge in [0.05, 0.1) is 5.69 Å². The zero-order valence-electron chi connectivity index (χ0n) is 17.5. The second-order valence-electron chi connectivity index (χ2n) is 6.33. The first kappa shape index (κ1) is 29.0. The number of nitrogens with zero attached hydrogens (tertiary/aromatic N) is 2. The van der Waals surface area contributed by atoms with E-state index in [9.17, 15) is 26.5 Å². The van der Waals surface area contributed by atoms with Crippen molar-refractivity contribution >= 4 is 48.1 Å². The normalized spacial score (nSPS) is 11.7. The molecule has 0 saturated carbocycles. The third-order valence-electron chi connectivity index (χ3n) is 4.17. The van der Waals surface area contributed by atoms with Gasteiger partial charge in [-0.3, -0.25) is 9.11 Å². The van der Waals surface area contributed by atoms with E-state index in [-0.39, 0.29) is 64.8 Å². The Hall–Kier alpha value is -1.06. The van der Waals surface area contributed by atoms with Gasteiger partial charge in [-0.2, -0.15) is 21.9 Å². The molecular weight excluding hydrogens is 480 g/mol. The van der Waals surface area contributed by atoms with Crippen LogP contribution >= 0.6 is 0 Å². The van der Waals surface area contributed by atoms with Crippen molar-refractivity contribution in [2.45, 2.75) is 10.6 Å². The van der Waals surface area contributed by atoms with Crippen LogP contribution in [0.4, 0.5) is 17.1 Å². The molecule has 3 aromatic rings. The van der Waals surface area contributed by atoms with Gasteiger partial charge in [0.2, 0.25) is 0 Å². The molecule has 0 aliphatic rings. The number of rotatable bonds is 6. The number of azo groups is 1. The van der Waals surface area contributed by atoms with Crippen molar-refractivity contribution in [1.82, 2.24) is 0 Å². The molecule has 0 aliphatic heterocycles. The monoisotopic (exact) mass is 497 g/mol. The summed E-state index contributed by atoms with van der Waals surface area (Å²) in [5.41, 5.74) is 0.747. The largest absolute Gasteiger partial charge is 1.00 e. The first-order valence-corrected chi connectivity index (χ1v) is 11.4. The number of phenols is 1. The summed E-state index contributed by atoms with van der Waals surface area (Å²) in [7, 11) is -7.23. The van der Waals surface area contributed by atoms with E-state index in [1.165, 1.54) is 30.3 Å². The third-order valence-corrected chi connectivity index (χ3v) is 5.74. The van der Waals surface area contributed by atoms with Gasteiger partial charge in [-0.05, 0) is 41.3 Å². The molecular formula is C18H17N3Na2O7S2+2. The van der Waals surface area contributed by atoms with Crippen LogP contribution < -0.4 is 64.4 Å². The Kier molecular flexibility index (Phi) is 10.3. The van der Waals surface area contributed by atoms with E-state index in [1.54, 1.807) is 25.2 Å². The van der Waals surface area contributed by atoms with Crippen molar-refractivity contribution in [2.75, 3.05) is 12.4 Å². The summed E-state index contributed by atoms with van der Waals surface area (Å²) >= 11 is 0. The summed E-state index contributed by atoms with van der Waals surface area (Å²) in [6.07, 6.45) is 0. The second kappa shape index (κ2) is 11.4. The van der Waals surface area contributed by atoms with Crippen molar-refractivity contribution in [3.8, 4) is 5.75 Å². The average molecular weight is 497 g/mol. The van der Waals surface area contributed by atoms with Crippen LogP contribution in [0.25, 0.3) is 10.8 Å². The van der Waals surface area contributed by atoms with E-state index in [0.717, 1.165) is 0 Å². The SMILES string of the molecule is CNc1ccc2cc(S(=O)(=O)O)c(N=Nc3ccc(CS(=O)(=O)O)cc3)c(O)c2c1.[Na+].[Na+]. The average Bonchev–Trinajstić information content (AvgIpc) is 2.66. The van der Waals surface area contributed by atoms with Gasteiger partial charge in [0, 0.05) is 18.1 Å². The molecule has 0 spiro atoms. The molecule has 0 unspecified atom stereocenters. The molecule has 0 heterocycles. The van der Waals surface area contributed by atoms with E-state index in [0.29, 0.717) is 22.0 Å². The third kappa shape index (κ3) is 7.22. The Morgan fingerprint density at radius 3 is 2.06 bits per heavy atom. The first-order chi connectivity index (χ1) is 14.0. The molecule has 0 aromatic heterocycles. The summed E-state index contributed by atoms with van der Waals surface area (Å²) < 4.78 is 63.9. The van der Waals surface area contributed by atoms with Crippen LogP contribution in [0.15, 0.2) is 63.7 Å². The summed E-state index contributed by atoms with van der Waals surface area (Å²) in [5.74, 6) is -1.06. The number of anilines is 1. The fourth-order valence-corrected chi connectivity index (χ4v) is 4.04. The molecule has 3 aromatic carbocycles. The minimum absolute atomic E-state index is 0. The van der Waals surface area contributed by atoms with Crippen LogP contribution in [0.2, 0.25) is 0 Å². The fourth-order valence-electron chi connectivity index (χ4n) is 2.77. The topological polar surface area (TPSA) is 166 Å². The van der Waals surface area contributed by atoms with Crippen molar-refractivity contribution in [1.29, 1.82) is 0 Å². The van der Waals surface area contributed by atoms with Crippen LogP contribution in [0, 0.1) is 0 Å². The van der Waals surface area contributed by atoms with E-state index in [4.69, 9.17) is 4.55 Å². The van der Waals surface area contributed by atoms with Gasteiger partial charge < -0.3 is 10.4 Å². The van der Waals surface area contributed by atoms with Crippen molar-refractivity contribution in [2.24, 2.45) is 10.2 Å². The number of hydrogen-bond acceptors (Lipinski definition) is 8. The van der Waals surface area contributed by atoms with E-state index < -0.39 is 42.3 Å². The number of aromatic hydroxyl groups is 1. The molecule has 0 amide bonds. The van der Waals surface area contributed by atoms with Crippen LogP contribution in [-0.4, -0.2) is 38.1 Å². The van der Waals surface area contributed by atoms with Gasteiger partial charge in [0.1, 0.15) is 16.3 Å². The molecule has 0 radical (unpaired) electrons. The number of nitrogens with one attached hydrogen (secondary N) is 1. The predicted molar refractivity (Wildman–Crippen MR) is 111 cm³/mol. The molecule has 0 fully saturated rings. The van der Waals surface area contributed by atoms with Crippen LogP contribution in [-0.2, 0) is 26.0 Å². The Morgan fingerprint density at radius 1 is 0.906 bits per heavy atom. The van der Waals surface area contributed by atoms with E-state index >= 15 is 0 Å². The number of fused-ring (bicyclic) bond motifs is 1. The molecule has 0 atom stereocenters. The molecule has 3 rings (SSSR count). The van der Waals surface area contributed by atoms with Gasteiger partial charge in [-0.1, -0.05) is 18.2 Å². The maximum absolute atomic E-state index is 11.8. The van der Waals surface area contributed by atoms with Gasteiger partial charge in [0.15, 0.2) is 5.75 Å². The van der Waals surface area contributed by atoms with Crippen LogP contribution in [0.5, 0.6) is 5.75 Å². The number of phenolic OH excluding ortho intramolecular Hbond substituents is 1. The van der Waals surface area contributed by atoms with Crippen LogP contribution in [0.1, 0.15) is 5.56 Å². The van der Waals surface area contributed by atoms with Gasteiger partial charge >= 0.3 is 59.1 Å². The fraction of sp³-hybridized carbons (Fsp3) is 0.111. The quantitative estimate of drug-likeness (QED) is 0.167. The Morgan fingerprint density at radius 2 is 1.53 bits per heavy atom. The number of hydrogen-bond donors (Lipinski definition) is 4. The second-order valence-corrected chi connectivity index (χ2v) is 9.17. The van der Waals surface area contributed by atoms with Gasteiger partial charge in [-0.25, -0.2) is 0 Å². The molecule has 158 valence electrons. The smallest absolute Gasteiger partial charge is 0.505 e. The molecule has 0 bridgehead atoms. The molecule has 10 nitrogen and oxygen atoms in total. The Balaban J connectivity index is 0.00000256. The molecule has 4 N–H and O–H groups in total. The Labute approximate surface area is 229 Å². The van der Waals surface area contributed by atoms with Crippen molar-refractivity contribution in [3.05, 3.63) is 54.1 Å². The first-order valence-electron chi connectivity index (χ1n) is 8.39.